The lowest BCUT2D eigenvalue weighted by Gasteiger charge is -2.29. The summed E-state index contributed by atoms with van der Waals surface area (Å²) in [4.78, 5) is 23.6. The van der Waals surface area contributed by atoms with Gasteiger partial charge >= 0.3 is 12.1 Å². The lowest BCUT2D eigenvalue weighted by atomic mass is 9.99. The number of carboxylic acid groups (broad SMARTS) is 1. The van der Waals surface area contributed by atoms with Gasteiger partial charge in [-0.25, -0.2) is 9.59 Å². The van der Waals surface area contributed by atoms with Crippen LogP contribution in [-0.4, -0.2) is 29.4 Å². The zero-order chi connectivity index (χ0) is 17.2. The predicted molar refractivity (Wildman–Crippen MR) is 87.3 cm³/mol. The van der Waals surface area contributed by atoms with Crippen molar-refractivity contribution < 1.29 is 24.2 Å². The minimum absolute atomic E-state index is 0.0710. The predicted octanol–water partition coefficient (Wildman–Crippen LogP) is 3.98. The van der Waals surface area contributed by atoms with Crippen molar-refractivity contribution in [2.24, 2.45) is 0 Å². The van der Waals surface area contributed by atoms with Gasteiger partial charge in [-0.2, -0.15) is 0 Å². The number of benzene rings is 1. The van der Waals surface area contributed by atoms with Gasteiger partial charge in [-0.1, -0.05) is 0 Å². The van der Waals surface area contributed by atoms with E-state index in [0.717, 1.165) is 11.0 Å². The Hall–Kier alpha value is -1.60. The Morgan fingerprint density at radius 2 is 2.13 bits per heavy atom. The van der Waals surface area contributed by atoms with Crippen LogP contribution in [-0.2, 0) is 4.74 Å². The molecule has 0 spiro atoms. The zero-order valence-electron chi connectivity index (χ0n) is 13.0. The Kier molecular flexibility index (Phi) is 5.31. The molecule has 1 unspecified atom stereocenters. The van der Waals surface area contributed by atoms with Crippen LogP contribution in [0, 0.1) is 0 Å². The third-order valence-electron chi connectivity index (χ3n) is 3.16. The summed E-state index contributed by atoms with van der Waals surface area (Å²) in [6, 6.07) is 2.75. The highest BCUT2D eigenvalue weighted by Gasteiger charge is 2.28. The molecule has 0 saturated carbocycles. The Morgan fingerprint density at radius 1 is 1.43 bits per heavy atom. The van der Waals surface area contributed by atoms with Gasteiger partial charge in [0.05, 0.1) is 18.2 Å². The third-order valence-corrected chi connectivity index (χ3v) is 4.16. The summed E-state index contributed by atoms with van der Waals surface area (Å²) in [7, 11) is 6.58. The normalized spacial score (nSPS) is 17.0. The number of carbonyl (C=O) groups excluding carboxylic acids is 1. The highest BCUT2D eigenvalue weighted by atomic mass is 35.7. The van der Waals surface area contributed by atoms with Crippen LogP contribution in [0.5, 0.6) is 5.75 Å². The maximum Gasteiger partial charge on any atom is 0.408 e. The number of ether oxygens (including phenoxy) is 2. The molecule has 8 heteroatoms. The van der Waals surface area contributed by atoms with Crippen molar-refractivity contribution in [1.29, 1.82) is 0 Å². The number of hydrogen-bond donors (Lipinski definition) is 2. The Bertz CT molecular complexity index is 629. The van der Waals surface area contributed by atoms with Crippen LogP contribution in [0.2, 0.25) is 0 Å². The summed E-state index contributed by atoms with van der Waals surface area (Å²) in [5.41, 5.74) is 0.166. The number of carboxylic acids is 1. The van der Waals surface area contributed by atoms with E-state index in [0.29, 0.717) is 29.2 Å². The first-order valence-corrected chi connectivity index (χ1v) is 8.67. The van der Waals surface area contributed by atoms with Crippen molar-refractivity contribution in [2.45, 2.75) is 43.7 Å². The first-order chi connectivity index (χ1) is 10.7. The maximum atomic E-state index is 12.0. The van der Waals surface area contributed by atoms with Gasteiger partial charge in [-0.15, -0.1) is 0 Å². The molecule has 1 aliphatic rings. The molecule has 0 aliphatic carbocycles. The van der Waals surface area contributed by atoms with E-state index in [4.69, 9.17) is 20.2 Å². The smallest absolute Gasteiger partial charge is 0.408 e. The molecule has 1 heterocycles. The lowest BCUT2D eigenvalue weighted by Crippen LogP contribution is -2.36. The summed E-state index contributed by atoms with van der Waals surface area (Å²) >= 11 is 0. The molecule has 1 amide bonds. The third kappa shape index (κ3) is 4.45. The second-order valence-corrected chi connectivity index (χ2v) is 7.16. The molecule has 0 radical (unpaired) electrons. The number of alkyl carbamates (subject to hydrolysis) is 1. The fourth-order valence-corrected chi connectivity index (χ4v) is 3.03. The van der Waals surface area contributed by atoms with Gasteiger partial charge in [-0.3, -0.25) is 0 Å². The van der Waals surface area contributed by atoms with Gasteiger partial charge in [0.1, 0.15) is 11.4 Å². The SMILES string of the molecule is CC(C)(C)OC(=O)NC1CCOc2cc(C(=O)O)c(SCl)cc21. The lowest BCUT2D eigenvalue weighted by molar-refractivity contribution is 0.0489. The fourth-order valence-electron chi connectivity index (χ4n) is 2.25. The Balaban J connectivity index is 2.28. The van der Waals surface area contributed by atoms with E-state index in [2.05, 4.69) is 5.32 Å². The van der Waals surface area contributed by atoms with E-state index < -0.39 is 17.7 Å². The van der Waals surface area contributed by atoms with E-state index in [-0.39, 0.29) is 11.6 Å². The van der Waals surface area contributed by atoms with Crippen LogP contribution in [0.1, 0.15) is 49.2 Å². The Labute approximate surface area is 143 Å². The van der Waals surface area contributed by atoms with Crippen molar-refractivity contribution >= 4 is 33.7 Å². The minimum atomic E-state index is -1.08. The molecule has 2 N–H and O–H groups in total. The highest BCUT2D eigenvalue weighted by Crippen LogP contribution is 2.38. The van der Waals surface area contributed by atoms with Gasteiger partial charge in [0.25, 0.3) is 0 Å². The average molecular weight is 360 g/mol. The van der Waals surface area contributed by atoms with Crippen molar-refractivity contribution in [3.63, 3.8) is 0 Å². The Morgan fingerprint density at radius 3 is 2.70 bits per heavy atom. The van der Waals surface area contributed by atoms with Crippen molar-refractivity contribution in [2.75, 3.05) is 6.61 Å². The van der Waals surface area contributed by atoms with Crippen LogP contribution in [0.25, 0.3) is 0 Å². The van der Waals surface area contributed by atoms with E-state index in [1.54, 1.807) is 26.8 Å². The number of rotatable bonds is 3. The number of halogens is 1. The molecule has 1 aliphatic heterocycles. The average Bonchev–Trinajstić information content (AvgIpc) is 2.44. The number of nitrogens with one attached hydrogen (secondary N) is 1. The quantitative estimate of drug-likeness (QED) is 0.849. The first kappa shape index (κ1) is 17.7. The fraction of sp³-hybridized carbons (Fsp3) is 0.467. The second kappa shape index (κ2) is 6.88. The monoisotopic (exact) mass is 359 g/mol. The summed E-state index contributed by atoms with van der Waals surface area (Å²) in [6.45, 7) is 5.73. The van der Waals surface area contributed by atoms with Crippen LogP contribution in [0.15, 0.2) is 17.0 Å². The van der Waals surface area contributed by atoms with E-state index in [9.17, 15) is 14.7 Å². The topological polar surface area (TPSA) is 84.9 Å². The molecule has 126 valence electrons. The molecule has 1 aromatic carbocycles. The molecule has 23 heavy (non-hydrogen) atoms. The number of hydrogen-bond acceptors (Lipinski definition) is 5. The summed E-state index contributed by atoms with van der Waals surface area (Å²) in [5, 5.41) is 12.0. The van der Waals surface area contributed by atoms with E-state index in [1.807, 2.05) is 0 Å². The van der Waals surface area contributed by atoms with E-state index in [1.165, 1.54) is 6.07 Å². The number of amides is 1. The van der Waals surface area contributed by atoms with Gasteiger partial charge in [0, 0.05) is 16.9 Å². The summed E-state index contributed by atoms with van der Waals surface area (Å²) in [6.07, 6.45) is 0.0307. The van der Waals surface area contributed by atoms with Crippen LogP contribution in [0.4, 0.5) is 4.79 Å². The molecule has 1 atom stereocenters. The molecular weight excluding hydrogens is 342 g/mol. The van der Waals surface area contributed by atoms with Gasteiger partial charge in [-0.05, 0) is 54.6 Å². The van der Waals surface area contributed by atoms with Gasteiger partial charge in [0.2, 0.25) is 0 Å². The van der Waals surface area contributed by atoms with Gasteiger partial charge in [0.15, 0.2) is 0 Å². The zero-order valence-corrected chi connectivity index (χ0v) is 14.6. The highest BCUT2D eigenvalue weighted by molar-refractivity contribution is 8.21. The standard InChI is InChI=1S/C15H18ClNO5S/c1-15(2,3)22-14(20)17-10-4-5-21-11-6-9(13(18)19)12(23-16)7-8(10)11/h6-7,10H,4-5H2,1-3H3,(H,17,20)(H,18,19). The summed E-state index contributed by atoms with van der Waals surface area (Å²) in [5.74, 6) is -0.647. The molecule has 0 aromatic heterocycles. The van der Waals surface area contributed by atoms with Crippen LogP contribution < -0.4 is 10.1 Å². The molecule has 0 bridgehead atoms. The van der Waals surface area contributed by atoms with Crippen LogP contribution >= 0.6 is 21.7 Å². The summed E-state index contributed by atoms with van der Waals surface area (Å²) < 4.78 is 10.8. The number of fused-ring (bicyclic) bond motifs is 1. The van der Waals surface area contributed by atoms with Gasteiger partial charge < -0.3 is 19.9 Å². The molecular formula is C15H18ClNO5S. The number of aromatic carboxylic acids is 1. The largest absolute Gasteiger partial charge is 0.493 e. The molecule has 6 nitrogen and oxygen atoms in total. The molecule has 2 rings (SSSR count). The van der Waals surface area contributed by atoms with Crippen LogP contribution in [0.3, 0.4) is 0 Å². The molecule has 0 fully saturated rings. The molecule has 1 aromatic rings. The van der Waals surface area contributed by atoms with Crippen molar-refractivity contribution in [1.82, 2.24) is 5.32 Å². The minimum Gasteiger partial charge on any atom is -0.493 e. The molecule has 0 saturated heterocycles. The first-order valence-electron chi connectivity index (χ1n) is 7.03. The number of carbonyl (C=O) groups is 2. The maximum absolute atomic E-state index is 12.0. The van der Waals surface area contributed by atoms with Crippen molar-refractivity contribution in [3.05, 3.63) is 23.3 Å². The van der Waals surface area contributed by atoms with Crippen molar-refractivity contribution in [3.8, 4) is 5.75 Å². The van der Waals surface area contributed by atoms with E-state index >= 15 is 0 Å². The second-order valence-electron chi connectivity index (χ2n) is 6.10.